The van der Waals surface area contributed by atoms with Crippen LogP contribution in [-0.2, 0) is 14.3 Å². The number of methoxy groups -OCH3 is 1. The van der Waals surface area contributed by atoms with Crippen LogP contribution in [0.5, 0.6) is 0 Å². The molecule has 0 fully saturated rings. The number of halogens is 6. The molecule has 0 spiro atoms. The first kappa shape index (κ1) is 25.7. The molecule has 0 aromatic rings. The predicted octanol–water partition coefficient (Wildman–Crippen LogP) is 5.94. The van der Waals surface area contributed by atoms with Crippen molar-refractivity contribution in [1.29, 1.82) is 5.41 Å². The summed E-state index contributed by atoms with van der Waals surface area (Å²) in [6, 6.07) is 0. The molecule has 3 unspecified atom stereocenters. The Bertz CT molecular complexity index is 1180. The van der Waals surface area contributed by atoms with Gasteiger partial charge in [0.2, 0.25) is 5.78 Å². The van der Waals surface area contributed by atoms with Crippen molar-refractivity contribution in [3.63, 3.8) is 0 Å². The number of ether oxygens (including phenoxy) is 2. The third-order valence-corrected chi connectivity index (χ3v) is 6.46. The molecule has 0 bridgehead atoms. The van der Waals surface area contributed by atoms with Crippen molar-refractivity contribution in [1.82, 2.24) is 0 Å². The maximum absolute atomic E-state index is 13.4. The third kappa shape index (κ3) is 5.10. The highest BCUT2D eigenvalue weighted by Gasteiger charge is 2.45. The van der Waals surface area contributed by atoms with Crippen LogP contribution in [0, 0.1) is 23.2 Å². The Morgan fingerprint density at radius 3 is 2.47 bits per heavy atom. The van der Waals surface area contributed by atoms with Crippen LogP contribution in [-0.4, -0.2) is 43.3 Å². The van der Waals surface area contributed by atoms with Crippen molar-refractivity contribution in [3.05, 3.63) is 70.9 Å². The molecule has 0 saturated heterocycles. The molecule has 11 heteroatoms. The Balaban J connectivity index is 1.51. The minimum atomic E-state index is -5.01. The molecule has 36 heavy (non-hydrogen) atoms. The van der Waals surface area contributed by atoms with Gasteiger partial charge in [0.1, 0.15) is 23.8 Å². The van der Waals surface area contributed by atoms with E-state index >= 15 is 0 Å². The molecule has 192 valence electrons. The van der Waals surface area contributed by atoms with E-state index in [0.29, 0.717) is 29.9 Å². The van der Waals surface area contributed by atoms with Crippen LogP contribution in [0.3, 0.4) is 0 Å². The van der Waals surface area contributed by atoms with Gasteiger partial charge in [0.15, 0.2) is 0 Å². The highest BCUT2D eigenvalue weighted by atomic mass is 19.4. The first-order valence-electron chi connectivity index (χ1n) is 11.1. The van der Waals surface area contributed by atoms with E-state index < -0.39 is 41.8 Å². The number of nitrogens with one attached hydrogen (secondary N) is 1. The number of fused-ring (bicyclic) bond motifs is 1. The summed E-state index contributed by atoms with van der Waals surface area (Å²) in [4.78, 5) is 16.5. The summed E-state index contributed by atoms with van der Waals surface area (Å²) in [7, 11) is 1.38. The number of allylic oxidation sites excluding steroid dienone is 8. The van der Waals surface area contributed by atoms with Crippen LogP contribution in [0.4, 0.5) is 26.3 Å². The number of hydrogen-bond acceptors (Lipinski definition) is 5. The highest BCUT2D eigenvalue weighted by Crippen LogP contribution is 2.42. The summed E-state index contributed by atoms with van der Waals surface area (Å²) in [6.07, 6.45) is -0.232. The molecule has 0 aromatic carbocycles. The van der Waals surface area contributed by atoms with Gasteiger partial charge in [-0.05, 0) is 43.1 Å². The lowest BCUT2D eigenvalue weighted by atomic mass is 9.73. The van der Waals surface area contributed by atoms with Crippen LogP contribution in [0.2, 0.25) is 0 Å². The average molecular weight is 512 g/mol. The van der Waals surface area contributed by atoms with Gasteiger partial charge in [0.25, 0.3) is 0 Å². The van der Waals surface area contributed by atoms with Gasteiger partial charge in [-0.15, -0.1) is 0 Å². The molecule has 5 nitrogen and oxygen atoms in total. The van der Waals surface area contributed by atoms with Crippen molar-refractivity contribution in [2.24, 2.45) is 22.7 Å². The van der Waals surface area contributed by atoms with Crippen molar-refractivity contribution >= 4 is 17.2 Å². The Hall–Kier alpha value is -3.37. The quantitative estimate of drug-likeness (QED) is 0.464. The van der Waals surface area contributed by atoms with E-state index in [-0.39, 0.29) is 30.2 Å². The normalized spacial score (nSPS) is 26.7. The Morgan fingerprint density at radius 2 is 1.81 bits per heavy atom. The van der Waals surface area contributed by atoms with E-state index in [1.54, 1.807) is 18.4 Å². The number of alkyl halides is 6. The average Bonchev–Trinajstić information content (AvgIpc) is 2.83. The summed E-state index contributed by atoms with van der Waals surface area (Å²) in [5.41, 5.74) is -0.00830. The fraction of sp³-hybridized carbons (Fsp3) is 0.400. The standard InChI is InChI=1S/C25H22F6N2O3/c1-35-21-9-13(17-11-19(34)22(32)23-16(17)3-2-8-33-23)4-5-14(21)12-36-20-7-6-15(24(26,27)28)10-18(20)25(29,30)31/h2,5,7-11,13,15-16,32H,3-4,6,12H2,1H3. The van der Waals surface area contributed by atoms with Crippen LogP contribution in [0.1, 0.15) is 19.3 Å². The number of ketones is 1. The summed E-state index contributed by atoms with van der Waals surface area (Å²) in [5, 5.41) is 8.01. The molecule has 0 saturated carbocycles. The van der Waals surface area contributed by atoms with E-state index in [2.05, 4.69) is 4.99 Å². The second kappa shape index (κ2) is 9.59. The maximum Gasteiger partial charge on any atom is 0.419 e. The van der Waals surface area contributed by atoms with Gasteiger partial charge >= 0.3 is 12.4 Å². The largest absolute Gasteiger partial charge is 0.497 e. The number of carbonyl (C=O) groups excluding carboxylic acids is 1. The molecule has 1 heterocycles. The molecular formula is C25H22F6N2O3. The maximum atomic E-state index is 13.4. The van der Waals surface area contributed by atoms with E-state index in [0.717, 1.165) is 11.6 Å². The van der Waals surface area contributed by atoms with Crippen LogP contribution in [0.15, 0.2) is 75.9 Å². The fourth-order valence-corrected chi connectivity index (χ4v) is 4.62. The second-order valence-corrected chi connectivity index (χ2v) is 8.70. The van der Waals surface area contributed by atoms with Crippen LogP contribution < -0.4 is 0 Å². The van der Waals surface area contributed by atoms with Gasteiger partial charge in [-0.1, -0.05) is 18.2 Å². The smallest absolute Gasteiger partial charge is 0.419 e. The molecule has 4 aliphatic rings. The molecule has 3 atom stereocenters. The molecular weight excluding hydrogens is 490 g/mol. The van der Waals surface area contributed by atoms with Crippen molar-refractivity contribution in [2.75, 3.05) is 13.7 Å². The highest BCUT2D eigenvalue weighted by molar-refractivity contribution is 6.70. The Morgan fingerprint density at radius 1 is 1.06 bits per heavy atom. The molecule has 0 amide bonds. The minimum absolute atomic E-state index is 0.147. The molecule has 1 N–H and O–H groups in total. The number of nitrogens with zero attached hydrogens (tertiary/aromatic N) is 1. The van der Waals surface area contributed by atoms with Gasteiger partial charge in [-0.3, -0.25) is 15.2 Å². The zero-order valence-corrected chi connectivity index (χ0v) is 19.0. The minimum Gasteiger partial charge on any atom is -0.497 e. The van der Waals surface area contributed by atoms with Crippen molar-refractivity contribution < 1.29 is 40.6 Å². The van der Waals surface area contributed by atoms with E-state index in [9.17, 15) is 31.1 Å². The lowest BCUT2D eigenvalue weighted by Crippen LogP contribution is -2.37. The van der Waals surface area contributed by atoms with Gasteiger partial charge in [-0.2, -0.15) is 26.3 Å². The Labute approximate surface area is 202 Å². The third-order valence-electron chi connectivity index (χ3n) is 6.46. The number of aliphatic imine (C=N–C) groups is 1. The molecule has 0 radical (unpaired) electrons. The fourth-order valence-electron chi connectivity index (χ4n) is 4.62. The van der Waals surface area contributed by atoms with Crippen LogP contribution in [0.25, 0.3) is 0 Å². The van der Waals surface area contributed by atoms with Crippen molar-refractivity contribution in [3.8, 4) is 0 Å². The second-order valence-electron chi connectivity index (χ2n) is 8.70. The summed E-state index contributed by atoms with van der Waals surface area (Å²) in [5.74, 6) is -3.52. The van der Waals surface area contributed by atoms with Gasteiger partial charge in [0.05, 0.1) is 24.3 Å². The Kier molecular flexibility index (Phi) is 6.85. The predicted molar refractivity (Wildman–Crippen MR) is 119 cm³/mol. The summed E-state index contributed by atoms with van der Waals surface area (Å²) >= 11 is 0. The zero-order chi connectivity index (χ0) is 26.3. The summed E-state index contributed by atoms with van der Waals surface area (Å²) < 4.78 is 90.0. The lowest BCUT2D eigenvalue weighted by Gasteiger charge is -2.32. The van der Waals surface area contributed by atoms with Crippen LogP contribution >= 0.6 is 0 Å². The first-order valence-corrected chi connectivity index (χ1v) is 11.1. The number of carbonyl (C=O) groups is 1. The monoisotopic (exact) mass is 512 g/mol. The topological polar surface area (TPSA) is 71.7 Å². The SMILES string of the molecule is COC1=CC(C2=CC(=O)C(=N)C3=NC=CCC23)CC=C1COC1=CCC(C(F)(F)F)C=C1C(F)(F)F. The van der Waals surface area contributed by atoms with Crippen molar-refractivity contribution in [2.45, 2.75) is 31.6 Å². The molecule has 3 aliphatic carbocycles. The van der Waals surface area contributed by atoms with Gasteiger partial charge in [0, 0.05) is 23.6 Å². The molecule has 0 aromatic heterocycles. The zero-order valence-electron chi connectivity index (χ0n) is 19.0. The van der Waals surface area contributed by atoms with E-state index in [1.807, 2.05) is 6.08 Å². The lowest BCUT2D eigenvalue weighted by molar-refractivity contribution is -0.162. The summed E-state index contributed by atoms with van der Waals surface area (Å²) in [6.45, 7) is -0.343. The first-order chi connectivity index (χ1) is 16.9. The van der Waals surface area contributed by atoms with Gasteiger partial charge < -0.3 is 9.47 Å². The van der Waals surface area contributed by atoms with E-state index in [4.69, 9.17) is 14.9 Å². The van der Waals surface area contributed by atoms with Gasteiger partial charge in [-0.25, -0.2) is 0 Å². The molecule has 1 aliphatic heterocycles. The van der Waals surface area contributed by atoms with E-state index in [1.165, 1.54) is 13.2 Å². The molecule has 4 rings (SSSR count). The number of rotatable bonds is 5. The number of hydrogen-bond donors (Lipinski definition) is 1.